The Hall–Kier alpha value is -1.24. The Labute approximate surface area is 79.2 Å². The van der Waals surface area contributed by atoms with Crippen LogP contribution in [0.4, 0.5) is 0 Å². The van der Waals surface area contributed by atoms with Gasteiger partial charge in [0.05, 0.1) is 0 Å². The molecule has 0 saturated heterocycles. The van der Waals surface area contributed by atoms with Crippen molar-refractivity contribution in [2.75, 3.05) is 0 Å². The second-order valence-corrected chi connectivity index (χ2v) is 3.66. The van der Waals surface area contributed by atoms with Gasteiger partial charge < -0.3 is 4.98 Å². The van der Waals surface area contributed by atoms with E-state index in [1.807, 2.05) is 6.07 Å². The molecule has 0 spiro atoms. The van der Waals surface area contributed by atoms with Crippen molar-refractivity contribution >= 4 is 10.9 Å². The van der Waals surface area contributed by atoms with Crippen LogP contribution in [-0.4, -0.2) is 4.98 Å². The number of aryl methyl sites for hydroxylation is 2. The Morgan fingerprint density at radius 1 is 1.23 bits per heavy atom. The lowest BCUT2D eigenvalue weighted by Crippen LogP contribution is -1.99. The van der Waals surface area contributed by atoms with E-state index in [4.69, 9.17) is 1.37 Å². The summed E-state index contributed by atoms with van der Waals surface area (Å²) in [4.78, 5) is 3.38. The van der Waals surface area contributed by atoms with Crippen molar-refractivity contribution in [3.63, 3.8) is 0 Å². The van der Waals surface area contributed by atoms with E-state index < -0.39 is 0 Å². The zero-order chi connectivity index (χ0) is 9.54. The number of aromatic nitrogens is 1. The van der Waals surface area contributed by atoms with Gasteiger partial charge in [-0.2, -0.15) is 0 Å². The fourth-order valence-corrected chi connectivity index (χ4v) is 2.19. The minimum Gasteiger partial charge on any atom is -0.358 e. The van der Waals surface area contributed by atoms with Crippen molar-refractivity contribution in [1.29, 1.82) is 0 Å². The summed E-state index contributed by atoms with van der Waals surface area (Å²) in [5, 5.41) is 1.32. The molecule has 0 amide bonds. The minimum absolute atomic E-state index is 0.0360. The molecule has 1 N–H and O–H groups in total. The third-order valence-electron chi connectivity index (χ3n) is 2.83. The van der Waals surface area contributed by atoms with Gasteiger partial charge >= 0.3 is 0 Å². The smallest absolute Gasteiger partial charge is 0.0458 e. The van der Waals surface area contributed by atoms with Gasteiger partial charge in [0.15, 0.2) is 0 Å². The van der Waals surface area contributed by atoms with Gasteiger partial charge in [-0.15, -0.1) is 0 Å². The summed E-state index contributed by atoms with van der Waals surface area (Å²) in [5.41, 5.74) is 3.72. The molecule has 1 atom stereocenters. The van der Waals surface area contributed by atoms with Crippen molar-refractivity contribution in [3.8, 4) is 0 Å². The number of aromatic amines is 1. The summed E-state index contributed by atoms with van der Waals surface area (Å²) in [5.74, 6) is 0. The molecule has 1 heteroatoms. The lowest BCUT2D eigenvalue weighted by molar-refractivity contribution is 0.680. The van der Waals surface area contributed by atoms with Gasteiger partial charge in [-0.1, -0.05) is 18.2 Å². The molecule has 3 rings (SSSR count). The van der Waals surface area contributed by atoms with E-state index in [2.05, 4.69) is 23.2 Å². The maximum atomic E-state index is 7.96. The number of nitrogens with one attached hydrogen (secondary N) is 1. The van der Waals surface area contributed by atoms with Gasteiger partial charge in [0.1, 0.15) is 0 Å². The van der Waals surface area contributed by atoms with E-state index in [0.29, 0.717) is 0 Å². The van der Waals surface area contributed by atoms with Gasteiger partial charge in [0, 0.05) is 18.0 Å². The Morgan fingerprint density at radius 2 is 2.15 bits per heavy atom. The molecule has 0 radical (unpaired) electrons. The SMILES string of the molecule is [2H]C1CCCc2c1[nH]c1ccccc21. The largest absolute Gasteiger partial charge is 0.358 e. The third-order valence-corrected chi connectivity index (χ3v) is 2.83. The fourth-order valence-electron chi connectivity index (χ4n) is 2.19. The van der Waals surface area contributed by atoms with Crippen molar-refractivity contribution in [3.05, 3.63) is 35.5 Å². The number of rotatable bonds is 0. The molecular formula is C12H13N. The third kappa shape index (κ3) is 0.998. The molecule has 1 unspecified atom stereocenters. The predicted octanol–water partition coefficient (Wildman–Crippen LogP) is 3.05. The standard InChI is InChI=1S/C12H13N/c1-3-7-11-9(5-1)10-6-2-4-8-12(10)13-11/h1,3,5,7,13H,2,4,6,8H2/i8D. The maximum Gasteiger partial charge on any atom is 0.0458 e. The average molecular weight is 172 g/mol. The Bertz CT molecular complexity index is 472. The van der Waals surface area contributed by atoms with E-state index in [0.717, 1.165) is 25.0 Å². The van der Waals surface area contributed by atoms with E-state index >= 15 is 0 Å². The van der Waals surface area contributed by atoms with E-state index in [9.17, 15) is 0 Å². The molecule has 1 aliphatic rings. The van der Waals surface area contributed by atoms with Gasteiger partial charge in [0.2, 0.25) is 0 Å². The molecular weight excluding hydrogens is 158 g/mol. The van der Waals surface area contributed by atoms with Gasteiger partial charge in [-0.3, -0.25) is 0 Å². The summed E-state index contributed by atoms with van der Waals surface area (Å²) in [6.07, 6.45) is 3.25. The first-order valence-corrected chi connectivity index (χ1v) is 4.88. The summed E-state index contributed by atoms with van der Waals surface area (Å²) in [6.45, 7) is 0. The fraction of sp³-hybridized carbons (Fsp3) is 0.333. The van der Waals surface area contributed by atoms with Gasteiger partial charge in [-0.05, 0) is 37.3 Å². The molecule has 0 fully saturated rings. The number of H-pyrrole nitrogens is 1. The van der Waals surface area contributed by atoms with Crippen LogP contribution < -0.4 is 0 Å². The summed E-state index contributed by atoms with van der Waals surface area (Å²) in [6, 6.07) is 8.37. The predicted molar refractivity (Wildman–Crippen MR) is 54.9 cm³/mol. The van der Waals surface area contributed by atoms with Crippen LogP contribution in [0.1, 0.15) is 25.5 Å². The Balaban J connectivity index is 2.32. The maximum absolute atomic E-state index is 7.96. The van der Waals surface area contributed by atoms with E-state index in [1.165, 1.54) is 16.5 Å². The van der Waals surface area contributed by atoms with Crippen LogP contribution >= 0.6 is 0 Å². The molecule has 1 heterocycles. The highest BCUT2D eigenvalue weighted by molar-refractivity contribution is 5.84. The second kappa shape index (κ2) is 2.63. The molecule has 1 aliphatic carbocycles. The van der Waals surface area contributed by atoms with Crippen LogP contribution in [0.2, 0.25) is 0 Å². The topological polar surface area (TPSA) is 15.8 Å². The molecule has 2 aromatic rings. The second-order valence-electron chi connectivity index (χ2n) is 3.66. The minimum atomic E-state index is -0.0360. The first kappa shape index (κ1) is 6.25. The molecule has 0 aliphatic heterocycles. The number of hydrogen-bond donors (Lipinski definition) is 1. The quantitative estimate of drug-likeness (QED) is 0.628. The summed E-state index contributed by atoms with van der Waals surface area (Å²) in [7, 11) is 0. The van der Waals surface area contributed by atoms with Gasteiger partial charge in [0.25, 0.3) is 0 Å². The molecule has 0 bridgehead atoms. The molecule has 1 nitrogen and oxygen atoms in total. The van der Waals surface area contributed by atoms with Crippen LogP contribution in [0, 0.1) is 0 Å². The van der Waals surface area contributed by atoms with Crippen molar-refractivity contribution < 1.29 is 1.37 Å². The summed E-state index contributed by atoms with van der Waals surface area (Å²) >= 11 is 0. The molecule has 66 valence electrons. The first-order chi connectivity index (χ1) is 6.86. The normalized spacial score (nSPS) is 22.8. The molecule has 1 aromatic carbocycles. The number of para-hydroxylation sites is 1. The van der Waals surface area contributed by atoms with Crippen molar-refractivity contribution in [2.45, 2.75) is 25.7 Å². The average Bonchev–Trinajstić information content (AvgIpc) is 2.59. The van der Waals surface area contributed by atoms with Crippen molar-refractivity contribution in [2.24, 2.45) is 0 Å². The number of fused-ring (bicyclic) bond motifs is 3. The van der Waals surface area contributed by atoms with Crippen LogP contribution in [-0.2, 0) is 12.8 Å². The van der Waals surface area contributed by atoms with Crippen LogP contribution in [0.25, 0.3) is 10.9 Å². The molecule has 0 saturated carbocycles. The highest BCUT2D eigenvalue weighted by Gasteiger charge is 2.13. The lowest BCUT2D eigenvalue weighted by atomic mass is 9.96. The zero-order valence-corrected chi connectivity index (χ0v) is 7.51. The number of hydrogen-bond acceptors (Lipinski definition) is 0. The van der Waals surface area contributed by atoms with Crippen LogP contribution in [0.3, 0.4) is 0 Å². The molecule has 1 aromatic heterocycles. The lowest BCUT2D eigenvalue weighted by Gasteiger charge is -2.10. The van der Waals surface area contributed by atoms with Gasteiger partial charge in [-0.25, -0.2) is 0 Å². The first-order valence-electron chi connectivity index (χ1n) is 5.46. The zero-order valence-electron chi connectivity index (χ0n) is 8.51. The Kier molecular flexibility index (Phi) is 1.26. The van der Waals surface area contributed by atoms with Crippen LogP contribution in [0.15, 0.2) is 24.3 Å². The van der Waals surface area contributed by atoms with Crippen LogP contribution in [0.5, 0.6) is 0 Å². The highest BCUT2D eigenvalue weighted by atomic mass is 14.7. The molecule has 13 heavy (non-hydrogen) atoms. The summed E-state index contributed by atoms with van der Waals surface area (Å²) < 4.78 is 7.96. The van der Waals surface area contributed by atoms with E-state index in [-0.39, 0.29) is 6.40 Å². The van der Waals surface area contributed by atoms with Crippen molar-refractivity contribution in [1.82, 2.24) is 4.98 Å². The Morgan fingerprint density at radius 3 is 3.15 bits per heavy atom. The monoisotopic (exact) mass is 172 g/mol. The van der Waals surface area contributed by atoms with E-state index in [1.54, 1.807) is 0 Å². The highest BCUT2D eigenvalue weighted by Crippen LogP contribution is 2.28. The number of benzene rings is 1.